The average Bonchev–Trinajstić information content (AvgIpc) is 2.61. The molecule has 25 heavy (non-hydrogen) atoms. The van der Waals surface area contributed by atoms with Gasteiger partial charge in [0.2, 0.25) is 16.1 Å². The molecule has 0 unspecified atom stereocenters. The fourth-order valence-corrected chi connectivity index (χ4v) is 3.26. The van der Waals surface area contributed by atoms with E-state index >= 15 is 0 Å². The number of hydrogen-bond acceptors (Lipinski definition) is 5. The number of carbonyl (C=O) groups excluding carboxylic acids is 1. The predicted molar refractivity (Wildman–Crippen MR) is 92.3 cm³/mol. The van der Waals surface area contributed by atoms with Gasteiger partial charge >= 0.3 is 0 Å². The summed E-state index contributed by atoms with van der Waals surface area (Å²) in [6.45, 7) is 0.0819. The summed E-state index contributed by atoms with van der Waals surface area (Å²) in [6, 6.07) is 13.2. The number of anilines is 1. The number of hydrogen-bond donors (Lipinski definition) is 1. The fraction of sp³-hybridized carbons (Fsp3) is 0.235. The molecule has 1 heterocycles. The van der Waals surface area contributed by atoms with Crippen LogP contribution in [0.25, 0.3) is 0 Å². The molecular formula is C17H18N2O5S. The standard InChI is InChI=1S/C17H18N2O5S/c1-19(2)25(21,22)13-7-5-6-12(10-13)18-17(20)16-11-23-14-8-3-4-9-15(14)24-16/h3-10,16H,11H2,1-2H3,(H,18,20)/t16-/m0/s1. The van der Waals surface area contributed by atoms with Gasteiger partial charge in [0.25, 0.3) is 5.91 Å². The van der Waals surface area contributed by atoms with E-state index in [4.69, 9.17) is 9.47 Å². The van der Waals surface area contributed by atoms with Gasteiger partial charge in [-0.1, -0.05) is 18.2 Å². The third-order valence-electron chi connectivity index (χ3n) is 3.68. The second-order valence-corrected chi connectivity index (χ2v) is 7.82. The molecule has 0 saturated carbocycles. The van der Waals surface area contributed by atoms with Crippen molar-refractivity contribution < 1.29 is 22.7 Å². The minimum absolute atomic E-state index is 0.0819. The highest BCUT2D eigenvalue weighted by atomic mass is 32.2. The minimum atomic E-state index is -3.57. The van der Waals surface area contributed by atoms with Crippen molar-refractivity contribution in [1.82, 2.24) is 4.31 Å². The molecule has 0 saturated heterocycles. The highest BCUT2D eigenvalue weighted by Gasteiger charge is 2.27. The summed E-state index contributed by atoms with van der Waals surface area (Å²) < 4.78 is 36.6. The number of ether oxygens (including phenoxy) is 2. The molecule has 0 radical (unpaired) electrons. The Labute approximate surface area is 146 Å². The Morgan fingerprint density at radius 2 is 1.84 bits per heavy atom. The van der Waals surface area contributed by atoms with Crippen LogP contribution < -0.4 is 14.8 Å². The Balaban J connectivity index is 1.74. The van der Waals surface area contributed by atoms with Gasteiger partial charge in [-0.25, -0.2) is 12.7 Å². The van der Waals surface area contributed by atoms with E-state index in [0.29, 0.717) is 17.2 Å². The van der Waals surface area contributed by atoms with E-state index in [-0.39, 0.29) is 11.5 Å². The van der Waals surface area contributed by atoms with Crippen LogP contribution in [-0.2, 0) is 14.8 Å². The number of benzene rings is 2. The number of nitrogens with one attached hydrogen (secondary N) is 1. The maximum atomic E-state index is 12.4. The van der Waals surface area contributed by atoms with Crippen LogP contribution in [0.4, 0.5) is 5.69 Å². The number of carbonyl (C=O) groups is 1. The summed E-state index contributed by atoms with van der Waals surface area (Å²) in [5.41, 5.74) is 0.371. The first-order chi connectivity index (χ1) is 11.9. The van der Waals surface area contributed by atoms with Gasteiger partial charge in [0, 0.05) is 19.8 Å². The van der Waals surface area contributed by atoms with Crippen molar-refractivity contribution in [2.75, 3.05) is 26.0 Å². The van der Waals surface area contributed by atoms with Crippen LogP contribution >= 0.6 is 0 Å². The number of para-hydroxylation sites is 2. The van der Waals surface area contributed by atoms with Crippen molar-refractivity contribution in [3.05, 3.63) is 48.5 Å². The van der Waals surface area contributed by atoms with Gasteiger partial charge in [-0.15, -0.1) is 0 Å². The van der Waals surface area contributed by atoms with Crippen molar-refractivity contribution in [3.8, 4) is 11.5 Å². The zero-order valence-electron chi connectivity index (χ0n) is 13.8. The first-order valence-electron chi connectivity index (χ1n) is 7.60. The lowest BCUT2D eigenvalue weighted by Crippen LogP contribution is -2.40. The Morgan fingerprint density at radius 3 is 2.56 bits per heavy atom. The van der Waals surface area contributed by atoms with Crippen LogP contribution in [-0.4, -0.2) is 45.4 Å². The molecule has 1 N–H and O–H groups in total. The summed E-state index contributed by atoms with van der Waals surface area (Å²) in [5.74, 6) is 0.678. The molecule has 0 spiro atoms. The Kier molecular flexibility index (Phi) is 4.65. The molecule has 1 atom stereocenters. The Hall–Kier alpha value is -2.58. The van der Waals surface area contributed by atoms with Gasteiger partial charge in [-0.3, -0.25) is 4.79 Å². The van der Waals surface area contributed by atoms with Crippen LogP contribution in [0.1, 0.15) is 0 Å². The maximum absolute atomic E-state index is 12.4. The van der Waals surface area contributed by atoms with Gasteiger partial charge in [-0.2, -0.15) is 0 Å². The topological polar surface area (TPSA) is 84.9 Å². The third kappa shape index (κ3) is 3.59. The van der Waals surface area contributed by atoms with Gasteiger partial charge < -0.3 is 14.8 Å². The minimum Gasteiger partial charge on any atom is -0.485 e. The summed E-state index contributed by atoms with van der Waals surface area (Å²) in [4.78, 5) is 12.5. The second-order valence-electron chi connectivity index (χ2n) is 5.67. The molecule has 0 aliphatic carbocycles. The van der Waals surface area contributed by atoms with Crippen LogP contribution in [0.3, 0.4) is 0 Å². The SMILES string of the molecule is CN(C)S(=O)(=O)c1cccc(NC(=O)[C@@H]2COc3ccccc3O2)c1. The van der Waals surface area contributed by atoms with E-state index in [2.05, 4.69) is 5.32 Å². The van der Waals surface area contributed by atoms with Crippen molar-refractivity contribution >= 4 is 21.6 Å². The van der Waals surface area contributed by atoms with Crippen molar-refractivity contribution in [2.24, 2.45) is 0 Å². The molecule has 2 aromatic carbocycles. The van der Waals surface area contributed by atoms with Gasteiger partial charge in [0.1, 0.15) is 6.61 Å². The normalized spacial score (nSPS) is 16.5. The van der Waals surface area contributed by atoms with E-state index in [1.54, 1.807) is 30.3 Å². The monoisotopic (exact) mass is 362 g/mol. The second kappa shape index (κ2) is 6.73. The molecular weight excluding hydrogens is 344 g/mol. The fourth-order valence-electron chi connectivity index (χ4n) is 2.32. The number of nitrogens with zero attached hydrogens (tertiary/aromatic N) is 1. The van der Waals surface area contributed by atoms with Crippen LogP contribution in [0, 0.1) is 0 Å². The zero-order chi connectivity index (χ0) is 18.0. The van der Waals surface area contributed by atoms with E-state index in [1.165, 1.54) is 26.2 Å². The molecule has 2 aromatic rings. The lowest BCUT2D eigenvalue weighted by Gasteiger charge is -2.25. The van der Waals surface area contributed by atoms with Crippen LogP contribution in [0.2, 0.25) is 0 Å². The molecule has 8 heteroatoms. The number of amides is 1. The molecule has 7 nitrogen and oxygen atoms in total. The Bertz CT molecular complexity index is 895. The lowest BCUT2D eigenvalue weighted by molar-refractivity contribution is -0.125. The summed E-state index contributed by atoms with van der Waals surface area (Å²) >= 11 is 0. The summed E-state index contributed by atoms with van der Waals surface area (Å²) in [5, 5.41) is 2.67. The maximum Gasteiger partial charge on any atom is 0.269 e. The molecule has 1 aliphatic heterocycles. The number of sulfonamides is 1. The van der Waals surface area contributed by atoms with Crippen molar-refractivity contribution in [2.45, 2.75) is 11.0 Å². The van der Waals surface area contributed by atoms with Crippen molar-refractivity contribution in [3.63, 3.8) is 0 Å². The first kappa shape index (κ1) is 17.2. The van der Waals surface area contributed by atoms with Gasteiger partial charge in [-0.05, 0) is 30.3 Å². The molecule has 0 fully saturated rings. The van der Waals surface area contributed by atoms with E-state index in [0.717, 1.165) is 4.31 Å². The largest absolute Gasteiger partial charge is 0.485 e. The summed E-state index contributed by atoms with van der Waals surface area (Å²) in [6.07, 6.45) is -0.816. The van der Waals surface area contributed by atoms with E-state index in [1.807, 2.05) is 6.07 Å². The molecule has 132 valence electrons. The molecule has 0 aromatic heterocycles. The van der Waals surface area contributed by atoms with Gasteiger partial charge in [0.15, 0.2) is 11.5 Å². The van der Waals surface area contributed by atoms with Gasteiger partial charge in [0.05, 0.1) is 4.90 Å². The molecule has 1 amide bonds. The molecule has 3 rings (SSSR count). The molecule has 0 bridgehead atoms. The van der Waals surface area contributed by atoms with Crippen LogP contribution in [0.5, 0.6) is 11.5 Å². The highest BCUT2D eigenvalue weighted by molar-refractivity contribution is 7.89. The number of rotatable bonds is 4. The number of fused-ring (bicyclic) bond motifs is 1. The predicted octanol–water partition coefficient (Wildman–Crippen LogP) is 1.72. The zero-order valence-corrected chi connectivity index (χ0v) is 14.6. The molecule has 1 aliphatic rings. The summed E-state index contributed by atoms with van der Waals surface area (Å²) in [7, 11) is -0.675. The lowest BCUT2D eigenvalue weighted by atomic mass is 10.2. The highest BCUT2D eigenvalue weighted by Crippen LogP contribution is 2.31. The van der Waals surface area contributed by atoms with E-state index in [9.17, 15) is 13.2 Å². The van der Waals surface area contributed by atoms with E-state index < -0.39 is 22.0 Å². The quantitative estimate of drug-likeness (QED) is 0.895. The smallest absolute Gasteiger partial charge is 0.269 e. The third-order valence-corrected chi connectivity index (χ3v) is 5.49. The first-order valence-corrected chi connectivity index (χ1v) is 9.04. The van der Waals surface area contributed by atoms with Crippen molar-refractivity contribution in [1.29, 1.82) is 0 Å². The van der Waals surface area contributed by atoms with Crippen LogP contribution in [0.15, 0.2) is 53.4 Å². The average molecular weight is 362 g/mol. The Morgan fingerprint density at radius 1 is 1.12 bits per heavy atom.